The van der Waals surface area contributed by atoms with Crippen molar-refractivity contribution in [2.75, 3.05) is 27.9 Å². The van der Waals surface area contributed by atoms with Gasteiger partial charge in [-0.3, -0.25) is 0 Å². The van der Waals surface area contributed by atoms with Gasteiger partial charge in [0.1, 0.15) is 17.2 Å². The Balaban J connectivity index is 0.00000392. The van der Waals surface area contributed by atoms with E-state index in [4.69, 9.17) is 14.2 Å². The molecule has 0 aliphatic carbocycles. The third-order valence-electron chi connectivity index (χ3n) is 4.18. The third kappa shape index (κ3) is 6.78. The van der Waals surface area contributed by atoms with Gasteiger partial charge in [-0.25, -0.2) is 4.99 Å². The molecule has 0 aliphatic rings. The maximum Gasteiger partial charge on any atom is 0.191 e. The van der Waals surface area contributed by atoms with Crippen molar-refractivity contribution in [2.24, 2.45) is 4.99 Å². The monoisotopic (exact) mass is 499 g/mol. The first-order valence-electron chi connectivity index (χ1n) is 8.97. The van der Waals surface area contributed by atoms with Gasteiger partial charge in [0.05, 0.1) is 27.9 Å². The maximum absolute atomic E-state index is 5.45. The number of aryl methyl sites for hydroxylation is 1. The summed E-state index contributed by atoms with van der Waals surface area (Å²) >= 11 is 0. The van der Waals surface area contributed by atoms with Crippen LogP contribution in [0.3, 0.4) is 0 Å². The maximum atomic E-state index is 5.45. The molecular formula is C21H30IN3O3. The number of rotatable bonds is 8. The Morgan fingerprint density at radius 3 is 2.32 bits per heavy atom. The first-order valence-corrected chi connectivity index (χ1v) is 8.97. The van der Waals surface area contributed by atoms with Crippen LogP contribution in [0.4, 0.5) is 0 Å². The van der Waals surface area contributed by atoms with Crippen LogP contribution in [-0.4, -0.2) is 33.8 Å². The van der Waals surface area contributed by atoms with E-state index in [1.54, 1.807) is 21.3 Å². The molecule has 6 nitrogen and oxygen atoms in total. The van der Waals surface area contributed by atoms with Crippen LogP contribution in [0.5, 0.6) is 17.2 Å². The Morgan fingerprint density at radius 2 is 1.68 bits per heavy atom. The number of guanidine groups is 1. The van der Waals surface area contributed by atoms with E-state index < -0.39 is 0 Å². The molecule has 0 aliphatic heterocycles. The van der Waals surface area contributed by atoms with Gasteiger partial charge in [0.2, 0.25) is 0 Å². The third-order valence-corrected chi connectivity index (χ3v) is 4.18. The van der Waals surface area contributed by atoms with E-state index in [9.17, 15) is 0 Å². The molecule has 0 unspecified atom stereocenters. The number of nitrogens with one attached hydrogen (secondary N) is 2. The molecule has 0 bridgehead atoms. The summed E-state index contributed by atoms with van der Waals surface area (Å²) in [6, 6.07) is 11.9. The largest absolute Gasteiger partial charge is 0.497 e. The lowest BCUT2D eigenvalue weighted by atomic mass is 10.1. The van der Waals surface area contributed by atoms with Crippen molar-refractivity contribution < 1.29 is 14.2 Å². The Kier molecular flexibility index (Phi) is 10.5. The zero-order chi connectivity index (χ0) is 19.6. The van der Waals surface area contributed by atoms with Crippen LogP contribution in [0.2, 0.25) is 0 Å². The first kappa shape index (κ1) is 23.9. The molecule has 0 fully saturated rings. The zero-order valence-corrected chi connectivity index (χ0v) is 19.5. The molecule has 0 saturated heterocycles. The van der Waals surface area contributed by atoms with Crippen LogP contribution in [0.25, 0.3) is 0 Å². The molecular weight excluding hydrogens is 469 g/mol. The van der Waals surface area contributed by atoms with Gasteiger partial charge >= 0.3 is 0 Å². The fourth-order valence-electron chi connectivity index (χ4n) is 2.65. The van der Waals surface area contributed by atoms with E-state index in [0.29, 0.717) is 13.1 Å². The lowest BCUT2D eigenvalue weighted by Crippen LogP contribution is -2.36. The minimum atomic E-state index is 0. The van der Waals surface area contributed by atoms with Crippen molar-refractivity contribution in [3.05, 3.63) is 53.1 Å². The standard InChI is InChI=1S/C21H29N3O3.HI/c1-6-22-21(23-13-16-8-7-15(2)19(11-16)26-4)24-14-17-9-10-18(25-3)12-20(17)27-5;/h7-12H,6,13-14H2,1-5H3,(H2,22,23,24);1H. The molecule has 28 heavy (non-hydrogen) atoms. The van der Waals surface area contributed by atoms with Gasteiger partial charge in [-0.2, -0.15) is 0 Å². The number of halogens is 1. The number of hydrogen-bond acceptors (Lipinski definition) is 4. The molecule has 0 heterocycles. The molecule has 0 aromatic heterocycles. The molecule has 2 N–H and O–H groups in total. The highest BCUT2D eigenvalue weighted by Crippen LogP contribution is 2.24. The van der Waals surface area contributed by atoms with E-state index in [1.807, 2.05) is 44.2 Å². The summed E-state index contributed by atoms with van der Waals surface area (Å²) in [5.41, 5.74) is 3.24. The van der Waals surface area contributed by atoms with Gasteiger partial charge in [0.15, 0.2) is 5.96 Å². The number of benzene rings is 2. The predicted octanol–water partition coefficient (Wildman–Crippen LogP) is 3.89. The number of aliphatic imine (C=N–C) groups is 1. The highest BCUT2D eigenvalue weighted by Gasteiger charge is 2.07. The Bertz CT molecular complexity index is 781. The average Bonchev–Trinajstić information content (AvgIpc) is 2.70. The van der Waals surface area contributed by atoms with E-state index >= 15 is 0 Å². The second-order valence-corrected chi connectivity index (χ2v) is 6.03. The molecule has 2 aromatic carbocycles. The molecule has 0 amide bonds. The molecule has 154 valence electrons. The Morgan fingerprint density at radius 1 is 0.929 bits per heavy atom. The number of ether oxygens (including phenoxy) is 3. The minimum Gasteiger partial charge on any atom is -0.497 e. The van der Waals surface area contributed by atoms with E-state index in [2.05, 4.69) is 21.7 Å². The van der Waals surface area contributed by atoms with Crippen LogP contribution in [0.1, 0.15) is 23.6 Å². The smallest absolute Gasteiger partial charge is 0.191 e. The van der Waals surface area contributed by atoms with Crippen LogP contribution >= 0.6 is 24.0 Å². The van der Waals surface area contributed by atoms with E-state index in [1.165, 1.54) is 0 Å². The molecule has 0 atom stereocenters. The highest BCUT2D eigenvalue weighted by atomic mass is 127. The van der Waals surface area contributed by atoms with Crippen LogP contribution in [-0.2, 0) is 13.1 Å². The minimum absolute atomic E-state index is 0. The number of methoxy groups -OCH3 is 3. The quantitative estimate of drug-likeness (QED) is 0.328. The second-order valence-electron chi connectivity index (χ2n) is 6.03. The van der Waals surface area contributed by atoms with Crippen LogP contribution in [0, 0.1) is 6.92 Å². The summed E-state index contributed by atoms with van der Waals surface area (Å²) in [5, 5.41) is 6.61. The number of hydrogen-bond donors (Lipinski definition) is 2. The van der Waals surface area contributed by atoms with Crippen LogP contribution in [0.15, 0.2) is 41.4 Å². The van der Waals surface area contributed by atoms with Crippen molar-refractivity contribution in [3.8, 4) is 17.2 Å². The topological polar surface area (TPSA) is 64.1 Å². The summed E-state index contributed by atoms with van der Waals surface area (Å²) in [6.45, 7) is 6.00. The lowest BCUT2D eigenvalue weighted by molar-refractivity contribution is 0.390. The summed E-state index contributed by atoms with van der Waals surface area (Å²) in [5.74, 6) is 3.17. The molecule has 0 radical (unpaired) electrons. The van der Waals surface area contributed by atoms with Crippen molar-refractivity contribution in [3.63, 3.8) is 0 Å². The fraction of sp³-hybridized carbons (Fsp3) is 0.381. The molecule has 0 spiro atoms. The van der Waals surface area contributed by atoms with Crippen molar-refractivity contribution in [1.82, 2.24) is 10.6 Å². The summed E-state index contributed by atoms with van der Waals surface area (Å²) in [7, 11) is 4.98. The van der Waals surface area contributed by atoms with Gasteiger partial charge in [0.25, 0.3) is 0 Å². The zero-order valence-electron chi connectivity index (χ0n) is 17.2. The molecule has 2 aromatic rings. The first-order chi connectivity index (χ1) is 13.1. The summed E-state index contributed by atoms with van der Waals surface area (Å²) in [4.78, 5) is 4.67. The van der Waals surface area contributed by atoms with Crippen molar-refractivity contribution in [2.45, 2.75) is 26.9 Å². The lowest BCUT2D eigenvalue weighted by Gasteiger charge is -2.14. The fourth-order valence-corrected chi connectivity index (χ4v) is 2.65. The van der Waals surface area contributed by atoms with Crippen molar-refractivity contribution >= 4 is 29.9 Å². The van der Waals surface area contributed by atoms with Gasteiger partial charge in [-0.05, 0) is 43.2 Å². The van der Waals surface area contributed by atoms with Gasteiger partial charge in [-0.15, -0.1) is 24.0 Å². The van der Waals surface area contributed by atoms with Crippen molar-refractivity contribution in [1.29, 1.82) is 0 Å². The molecule has 2 rings (SSSR count). The second kappa shape index (κ2) is 12.3. The van der Waals surface area contributed by atoms with Gasteiger partial charge < -0.3 is 24.8 Å². The predicted molar refractivity (Wildman–Crippen MR) is 124 cm³/mol. The average molecular weight is 499 g/mol. The normalized spacial score (nSPS) is 10.7. The Hall–Kier alpha value is -2.16. The summed E-state index contributed by atoms with van der Waals surface area (Å²) < 4.78 is 16.1. The molecule has 0 saturated carbocycles. The van der Waals surface area contributed by atoms with Gasteiger partial charge in [0, 0.05) is 24.7 Å². The van der Waals surface area contributed by atoms with Crippen LogP contribution < -0.4 is 24.8 Å². The van der Waals surface area contributed by atoms with Gasteiger partial charge in [-0.1, -0.05) is 12.1 Å². The number of nitrogens with zero attached hydrogens (tertiary/aromatic N) is 1. The summed E-state index contributed by atoms with van der Waals surface area (Å²) in [6.07, 6.45) is 0. The SMILES string of the molecule is CCNC(=NCc1ccc(C)c(OC)c1)NCc1ccc(OC)cc1OC.I. The highest BCUT2D eigenvalue weighted by molar-refractivity contribution is 14.0. The molecule has 7 heteroatoms. The Labute approximate surface area is 184 Å². The van der Waals surface area contributed by atoms with E-state index in [0.717, 1.165) is 46.4 Å². The van der Waals surface area contributed by atoms with E-state index in [-0.39, 0.29) is 24.0 Å².